The summed E-state index contributed by atoms with van der Waals surface area (Å²) < 4.78 is 48.1. The molecule has 12 nitrogen and oxygen atoms in total. The molecule has 0 spiro atoms. The molecule has 0 bridgehead atoms. The molecule has 0 saturated carbocycles. The fourth-order valence-corrected chi connectivity index (χ4v) is 12.5. The van der Waals surface area contributed by atoms with E-state index in [9.17, 15) is 38.2 Å². The Kier molecular flexibility index (Phi) is 56.1. The molecule has 0 aromatic rings. The minimum atomic E-state index is -5.08. The highest BCUT2D eigenvalue weighted by molar-refractivity contribution is 7.80. The van der Waals surface area contributed by atoms with Crippen LogP contribution in [0.4, 0.5) is 0 Å². The van der Waals surface area contributed by atoms with Gasteiger partial charge in [0.2, 0.25) is 5.91 Å². The smallest absolute Gasteiger partial charge is 0.394 e. The highest BCUT2D eigenvalue weighted by Gasteiger charge is 2.48. The molecule has 1 aliphatic rings. The zero-order valence-corrected chi connectivity index (χ0v) is 54.0. The molecular formula is C68H135NO11S. The maximum absolute atomic E-state index is 13.2. The Morgan fingerprint density at radius 3 is 0.988 bits per heavy atom. The number of aliphatic hydroxyl groups excluding tert-OH is 4. The summed E-state index contributed by atoms with van der Waals surface area (Å²) in [6, 6.07) is -0.854. The molecule has 13 heteroatoms. The van der Waals surface area contributed by atoms with Crippen molar-refractivity contribution < 1.29 is 51.8 Å². The number of ether oxygens (including phenoxy) is 2. The maximum atomic E-state index is 13.2. The molecule has 1 rings (SSSR count). The van der Waals surface area contributed by atoms with Gasteiger partial charge in [-0.25, -0.2) is 4.18 Å². The predicted octanol–water partition coefficient (Wildman–Crippen LogP) is 18.4. The third kappa shape index (κ3) is 49.9. The third-order valence-corrected chi connectivity index (χ3v) is 17.9. The third-order valence-electron chi connectivity index (χ3n) is 17.4. The average molecular weight is 1170 g/mol. The number of amides is 1. The van der Waals surface area contributed by atoms with Gasteiger partial charge in [-0.3, -0.25) is 9.35 Å². The Morgan fingerprint density at radius 2 is 0.716 bits per heavy atom. The number of nitrogens with one attached hydrogen (secondary N) is 1. The Hall–Kier alpha value is -0.900. The Labute approximate surface area is 500 Å². The summed E-state index contributed by atoms with van der Waals surface area (Å²) in [5.41, 5.74) is 0. The minimum Gasteiger partial charge on any atom is -0.394 e. The topological polar surface area (TPSA) is 192 Å². The van der Waals surface area contributed by atoms with Crippen LogP contribution < -0.4 is 5.32 Å². The van der Waals surface area contributed by atoms with E-state index in [2.05, 4.69) is 23.3 Å². The van der Waals surface area contributed by atoms with Crippen molar-refractivity contribution in [1.82, 2.24) is 5.32 Å². The normalized spacial score (nSPS) is 18.4. The minimum absolute atomic E-state index is 0.220. The van der Waals surface area contributed by atoms with Gasteiger partial charge in [-0.2, -0.15) is 8.42 Å². The van der Waals surface area contributed by atoms with Crippen molar-refractivity contribution in [2.45, 2.75) is 416 Å². The maximum Gasteiger partial charge on any atom is 0.397 e. The summed E-state index contributed by atoms with van der Waals surface area (Å²) in [6.07, 6.45) is 63.0. The van der Waals surface area contributed by atoms with Gasteiger partial charge in [0, 0.05) is 6.42 Å². The molecule has 0 radical (unpaired) electrons. The fraction of sp³-hybridized carbons (Fsp3) is 0.985. The molecule has 81 heavy (non-hydrogen) atoms. The molecule has 1 fully saturated rings. The molecule has 1 aliphatic heterocycles. The zero-order chi connectivity index (χ0) is 59.0. The van der Waals surface area contributed by atoms with E-state index in [1.54, 1.807) is 0 Å². The molecule has 0 aromatic heterocycles. The molecule has 1 saturated heterocycles. The van der Waals surface area contributed by atoms with Gasteiger partial charge in [0.1, 0.15) is 24.4 Å². The second kappa shape index (κ2) is 58.1. The van der Waals surface area contributed by atoms with E-state index in [1.165, 1.54) is 295 Å². The van der Waals surface area contributed by atoms with Crippen LogP contribution in [0.2, 0.25) is 0 Å². The lowest BCUT2D eigenvalue weighted by Gasteiger charge is -2.41. The fourth-order valence-electron chi connectivity index (χ4n) is 12.0. The van der Waals surface area contributed by atoms with E-state index in [4.69, 9.17) is 9.47 Å². The molecule has 484 valence electrons. The lowest BCUT2D eigenvalue weighted by molar-refractivity contribution is -0.298. The van der Waals surface area contributed by atoms with Crippen LogP contribution in [0, 0.1) is 0 Å². The van der Waals surface area contributed by atoms with Crippen LogP contribution in [0.25, 0.3) is 0 Å². The summed E-state index contributed by atoms with van der Waals surface area (Å²) in [7, 11) is -5.08. The lowest BCUT2D eigenvalue weighted by Crippen LogP contribution is -2.61. The summed E-state index contributed by atoms with van der Waals surface area (Å²) in [6.45, 7) is 3.52. The van der Waals surface area contributed by atoms with Crippen LogP contribution in [0.5, 0.6) is 0 Å². The van der Waals surface area contributed by atoms with E-state index >= 15 is 0 Å². The Bertz CT molecular complexity index is 1430. The number of carbonyl (C=O) groups is 1. The van der Waals surface area contributed by atoms with Gasteiger partial charge in [-0.1, -0.05) is 354 Å². The summed E-state index contributed by atoms with van der Waals surface area (Å²) in [5, 5.41) is 45.3. The second-order valence-corrected chi connectivity index (χ2v) is 26.2. The van der Waals surface area contributed by atoms with Crippen molar-refractivity contribution in [3.05, 3.63) is 0 Å². The van der Waals surface area contributed by atoms with Gasteiger partial charge in [0.25, 0.3) is 0 Å². The first-order valence-electron chi connectivity index (χ1n) is 35.4. The van der Waals surface area contributed by atoms with Crippen LogP contribution in [-0.2, 0) is 28.9 Å². The first-order chi connectivity index (χ1) is 39.5. The van der Waals surface area contributed by atoms with Crippen molar-refractivity contribution in [3.63, 3.8) is 0 Å². The summed E-state index contributed by atoms with van der Waals surface area (Å²) in [5.74, 6) is -0.220. The highest BCUT2D eigenvalue weighted by Crippen LogP contribution is 2.27. The molecule has 7 unspecified atom stereocenters. The molecule has 1 amide bonds. The molecule has 1 heterocycles. The molecule has 0 aromatic carbocycles. The van der Waals surface area contributed by atoms with Crippen LogP contribution in [-0.4, -0.2) is 95.4 Å². The standard InChI is InChI=1S/C68H135NO11S/c1-3-5-7-9-11-13-15-17-19-21-22-23-24-25-26-27-28-29-30-31-32-33-34-35-36-37-38-39-40-42-44-46-48-50-52-54-56-58-64(72)69-61(60-78-68-66(74)67(80-81(75,76)77)65(73)63(59-70)79-68)62(71)57-55-53-51-49-47-45-43-41-20-18-16-14-12-10-8-6-4-2/h61-63,65-68,70-71,73-74H,3-60H2,1-2H3,(H,69,72)(H,75,76,77). The molecular weight excluding hydrogens is 1040 g/mol. The van der Waals surface area contributed by atoms with Crippen molar-refractivity contribution in [1.29, 1.82) is 0 Å². The van der Waals surface area contributed by atoms with Gasteiger partial charge in [-0.15, -0.1) is 0 Å². The van der Waals surface area contributed by atoms with E-state index < -0.39 is 59.9 Å². The number of rotatable bonds is 64. The first-order valence-corrected chi connectivity index (χ1v) is 36.8. The summed E-state index contributed by atoms with van der Waals surface area (Å²) in [4.78, 5) is 13.2. The highest BCUT2D eigenvalue weighted by atomic mass is 32.3. The second-order valence-electron chi connectivity index (χ2n) is 25.2. The van der Waals surface area contributed by atoms with E-state index in [-0.39, 0.29) is 12.5 Å². The molecule has 6 N–H and O–H groups in total. The van der Waals surface area contributed by atoms with E-state index in [0.717, 1.165) is 51.4 Å². The number of carbonyl (C=O) groups excluding carboxylic acids is 1. The van der Waals surface area contributed by atoms with Gasteiger partial charge < -0.3 is 35.2 Å². The lowest BCUT2D eigenvalue weighted by atomic mass is 9.99. The van der Waals surface area contributed by atoms with Gasteiger partial charge >= 0.3 is 10.4 Å². The van der Waals surface area contributed by atoms with Crippen LogP contribution in [0.15, 0.2) is 0 Å². The zero-order valence-electron chi connectivity index (χ0n) is 53.1. The SMILES string of the molecule is CCCCCCCCCCCCCCCCCCCCCCCCCCCCCCCCCCCCCCCC(=O)NC(COC1OC(CO)C(O)C(OS(=O)(=O)O)C1O)C(O)CCCCCCCCCCCCCCCCCCC. The van der Waals surface area contributed by atoms with Crippen molar-refractivity contribution in [2.24, 2.45) is 0 Å². The van der Waals surface area contributed by atoms with Gasteiger partial charge in [0.05, 0.1) is 25.4 Å². The Morgan fingerprint density at radius 1 is 0.444 bits per heavy atom. The molecule has 0 aliphatic carbocycles. The van der Waals surface area contributed by atoms with Crippen molar-refractivity contribution in [3.8, 4) is 0 Å². The predicted molar refractivity (Wildman–Crippen MR) is 338 cm³/mol. The van der Waals surface area contributed by atoms with Crippen LogP contribution >= 0.6 is 0 Å². The number of hydrogen-bond acceptors (Lipinski definition) is 10. The van der Waals surface area contributed by atoms with Crippen molar-refractivity contribution >= 4 is 16.3 Å². The van der Waals surface area contributed by atoms with Gasteiger partial charge in [-0.05, 0) is 12.8 Å². The number of hydrogen-bond donors (Lipinski definition) is 6. The summed E-state index contributed by atoms with van der Waals surface area (Å²) >= 11 is 0. The van der Waals surface area contributed by atoms with E-state index in [0.29, 0.717) is 12.8 Å². The van der Waals surface area contributed by atoms with Crippen LogP contribution in [0.1, 0.15) is 373 Å². The van der Waals surface area contributed by atoms with E-state index in [1.807, 2.05) is 0 Å². The monoisotopic (exact) mass is 1170 g/mol. The number of unbranched alkanes of at least 4 members (excludes halogenated alkanes) is 52. The average Bonchev–Trinajstić information content (AvgIpc) is 3.50. The Balaban J connectivity index is 2.14. The van der Waals surface area contributed by atoms with Crippen LogP contribution in [0.3, 0.4) is 0 Å². The largest absolute Gasteiger partial charge is 0.397 e. The first kappa shape index (κ1) is 78.1. The van der Waals surface area contributed by atoms with Crippen molar-refractivity contribution in [2.75, 3.05) is 13.2 Å². The quantitative estimate of drug-likeness (QED) is 0.0251. The number of aliphatic hydroxyl groups is 4. The van der Waals surface area contributed by atoms with Gasteiger partial charge in [0.15, 0.2) is 6.29 Å². The molecule has 7 atom stereocenters.